The van der Waals surface area contributed by atoms with Gasteiger partial charge in [0.15, 0.2) is 0 Å². The normalized spacial score (nSPS) is 11.2. The molecule has 0 saturated heterocycles. The van der Waals surface area contributed by atoms with Gasteiger partial charge in [0.2, 0.25) is 0 Å². The van der Waals surface area contributed by atoms with Gasteiger partial charge in [-0.15, -0.1) is 0 Å². The van der Waals surface area contributed by atoms with Gasteiger partial charge in [-0.1, -0.05) is 27.7 Å². The monoisotopic (exact) mass is 178 g/mol. The first-order valence-electron chi connectivity index (χ1n) is 4.91. The van der Waals surface area contributed by atoms with E-state index in [4.69, 9.17) is 0 Å². The highest BCUT2D eigenvalue weighted by molar-refractivity contribution is 5.06. The summed E-state index contributed by atoms with van der Waals surface area (Å²) in [7, 11) is 0. The highest BCUT2D eigenvalue weighted by atomic mass is 14.9. The summed E-state index contributed by atoms with van der Waals surface area (Å²) >= 11 is 0. The van der Waals surface area contributed by atoms with Crippen molar-refractivity contribution in [1.29, 1.82) is 0 Å². The van der Waals surface area contributed by atoms with Crippen LogP contribution in [0.15, 0.2) is 12.3 Å². The molecule has 0 fully saturated rings. The average Bonchev–Trinajstić information content (AvgIpc) is 2.03. The van der Waals surface area contributed by atoms with Crippen molar-refractivity contribution in [1.82, 2.24) is 9.97 Å². The van der Waals surface area contributed by atoms with Gasteiger partial charge in [-0.3, -0.25) is 0 Å². The van der Waals surface area contributed by atoms with Crippen molar-refractivity contribution in [3.8, 4) is 0 Å². The van der Waals surface area contributed by atoms with E-state index in [1.165, 1.54) is 0 Å². The first-order valence-corrected chi connectivity index (χ1v) is 4.91. The quantitative estimate of drug-likeness (QED) is 0.711. The summed E-state index contributed by atoms with van der Waals surface area (Å²) in [4.78, 5) is 8.75. The molecule has 0 unspecified atom stereocenters. The molecule has 2 nitrogen and oxygen atoms in total. The van der Waals surface area contributed by atoms with Crippen LogP contribution in [0.4, 0.5) is 0 Å². The van der Waals surface area contributed by atoms with E-state index in [1.807, 2.05) is 12.3 Å². The zero-order chi connectivity index (χ0) is 9.84. The van der Waals surface area contributed by atoms with Crippen molar-refractivity contribution in [2.75, 3.05) is 0 Å². The van der Waals surface area contributed by atoms with Gasteiger partial charge in [-0.2, -0.15) is 0 Å². The Kier molecular flexibility index (Phi) is 3.40. The summed E-state index contributed by atoms with van der Waals surface area (Å²) in [6.45, 7) is 8.68. The van der Waals surface area contributed by atoms with Gasteiger partial charge in [-0.25, -0.2) is 9.97 Å². The molecule has 0 aliphatic rings. The SMILES string of the molecule is CC(C)Cc1nccc(C(C)C)n1. The summed E-state index contributed by atoms with van der Waals surface area (Å²) in [5, 5.41) is 0. The standard InChI is InChI=1S/C11H18N2/c1-8(2)7-11-12-6-5-10(13-11)9(3)4/h5-6,8-9H,7H2,1-4H3. The van der Waals surface area contributed by atoms with Crippen molar-refractivity contribution in [3.05, 3.63) is 23.8 Å². The van der Waals surface area contributed by atoms with Gasteiger partial charge < -0.3 is 0 Å². The molecule has 0 aliphatic heterocycles. The summed E-state index contributed by atoms with van der Waals surface area (Å²) in [6, 6.07) is 1.99. The van der Waals surface area contributed by atoms with E-state index in [0.29, 0.717) is 11.8 Å². The largest absolute Gasteiger partial charge is 0.241 e. The van der Waals surface area contributed by atoms with Crippen LogP contribution in [0.5, 0.6) is 0 Å². The number of hydrogen-bond donors (Lipinski definition) is 0. The third-order valence-corrected chi connectivity index (χ3v) is 1.91. The molecule has 0 radical (unpaired) electrons. The Morgan fingerprint density at radius 2 is 1.92 bits per heavy atom. The lowest BCUT2D eigenvalue weighted by Gasteiger charge is -2.07. The molecule has 1 aromatic heterocycles. The third-order valence-electron chi connectivity index (χ3n) is 1.91. The second kappa shape index (κ2) is 4.35. The minimum Gasteiger partial charge on any atom is -0.241 e. The maximum atomic E-state index is 4.50. The van der Waals surface area contributed by atoms with Crippen molar-refractivity contribution in [3.63, 3.8) is 0 Å². The summed E-state index contributed by atoms with van der Waals surface area (Å²) in [5.41, 5.74) is 1.14. The van der Waals surface area contributed by atoms with Gasteiger partial charge in [0.25, 0.3) is 0 Å². The number of nitrogens with zero attached hydrogens (tertiary/aromatic N) is 2. The molecule has 0 N–H and O–H groups in total. The van der Waals surface area contributed by atoms with E-state index in [9.17, 15) is 0 Å². The van der Waals surface area contributed by atoms with Crippen LogP contribution in [0.25, 0.3) is 0 Å². The predicted octanol–water partition coefficient (Wildman–Crippen LogP) is 2.80. The second-order valence-electron chi connectivity index (χ2n) is 4.15. The van der Waals surface area contributed by atoms with Crippen LogP contribution in [0.1, 0.15) is 45.1 Å². The Balaban J connectivity index is 2.79. The van der Waals surface area contributed by atoms with Crippen LogP contribution in [-0.2, 0) is 6.42 Å². The Labute approximate surface area is 80.4 Å². The predicted molar refractivity (Wildman–Crippen MR) is 54.7 cm³/mol. The van der Waals surface area contributed by atoms with Gasteiger partial charge in [-0.05, 0) is 17.9 Å². The maximum absolute atomic E-state index is 4.50. The number of hydrogen-bond acceptors (Lipinski definition) is 2. The fraction of sp³-hybridized carbons (Fsp3) is 0.636. The molecule has 0 saturated carbocycles. The van der Waals surface area contributed by atoms with Gasteiger partial charge >= 0.3 is 0 Å². The van der Waals surface area contributed by atoms with Crippen molar-refractivity contribution >= 4 is 0 Å². The minimum atomic E-state index is 0.494. The topological polar surface area (TPSA) is 25.8 Å². The van der Waals surface area contributed by atoms with Crippen LogP contribution in [-0.4, -0.2) is 9.97 Å². The Bertz CT molecular complexity index is 267. The maximum Gasteiger partial charge on any atom is 0.128 e. The van der Waals surface area contributed by atoms with Gasteiger partial charge in [0.05, 0.1) is 0 Å². The van der Waals surface area contributed by atoms with Crippen LogP contribution in [0, 0.1) is 5.92 Å². The molecule has 13 heavy (non-hydrogen) atoms. The molecule has 0 aromatic carbocycles. The highest BCUT2D eigenvalue weighted by Gasteiger charge is 2.04. The molecule has 0 aliphatic carbocycles. The van der Waals surface area contributed by atoms with Crippen LogP contribution >= 0.6 is 0 Å². The molecule has 1 aromatic rings. The average molecular weight is 178 g/mol. The zero-order valence-corrected chi connectivity index (χ0v) is 8.91. The second-order valence-corrected chi connectivity index (χ2v) is 4.15. The molecular formula is C11H18N2. The van der Waals surface area contributed by atoms with Gasteiger partial charge in [0.1, 0.15) is 5.82 Å². The van der Waals surface area contributed by atoms with Crippen molar-refractivity contribution in [2.45, 2.75) is 40.0 Å². The fourth-order valence-corrected chi connectivity index (χ4v) is 1.20. The van der Waals surface area contributed by atoms with E-state index >= 15 is 0 Å². The lowest BCUT2D eigenvalue weighted by molar-refractivity contribution is 0.614. The lowest BCUT2D eigenvalue weighted by atomic mass is 10.1. The Morgan fingerprint density at radius 3 is 2.46 bits per heavy atom. The van der Waals surface area contributed by atoms with E-state index in [0.717, 1.165) is 17.9 Å². The van der Waals surface area contributed by atoms with E-state index < -0.39 is 0 Å². The minimum absolute atomic E-state index is 0.494. The molecule has 0 atom stereocenters. The highest BCUT2D eigenvalue weighted by Crippen LogP contribution is 2.11. The smallest absolute Gasteiger partial charge is 0.128 e. The molecule has 72 valence electrons. The van der Waals surface area contributed by atoms with Crippen LogP contribution in [0.2, 0.25) is 0 Å². The fourth-order valence-electron chi connectivity index (χ4n) is 1.20. The third kappa shape index (κ3) is 3.13. The Morgan fingerprint density at radius 1 is 1.23 bits per heavy atom. The molecule has 1 heterocycles. The first-order chi connectivity index (χ1) is 6.09. The van der Waals surface area contributed by atoms with Crippen molar-refractivity contribution in [2.24, 2.45) is 5.92 Å². The summed E-state index contributed by atoms with van der Waals surface area (Å²) < 4.78 is 0. The molecular weight excluding hydrogens is 160 g/mol. The van der Waals surface area contributed by atoms with E-state index in [1.54, 1.807) is 0 Å². The zero-order valence-electron chi connectivity index (χ0n) is 8.91. The number of rotatable bonds is 3. The van der Waals surface area contributed by atoms with E-state index in [-0.39, 0.29) is 0 Å². The van der Waals surface area contributed by atoms with Crippen molar-refractivity contribution < 1.29 is 0 Å². The van der Waals surface area contributed by atoms with Gasteiger partial charge in [0, 0.05) is 18.3 Å². The van der Waals surface area contributed by atoms with Crippen LogP contribution in [0.3, 0.4) is 0 Å². The Hall–Kier alpha value is -0.920. The first kappa shape index (κ1) is 10.2. The molecule has 1 rings (SSSR count). The lowest BCUT2D eigenvalue weighted by Crippen LogP contribution is -2.03. The molecule has 0 amide bonds. The van der Waals surface area contributed by atoms with E-state index in [2.05, 4.69) is 37.7 Å². The summed E-state index contributed by atoms with van der Waals surface area (Å²) in [5.74, 6) is 2.09. The molecule has 0 bridgehead atoms. The number of aromatic nitrogens is 2. The molecule has 0 spiro atoms. The molecule has 2 heteroatoms. The van der Waals surface area contributed by atoms with Crippen LogP contribution < -0.4 is 0 Å². The summed E-state index contributed by atoms with van der Waals surface area (Å²) in [6.07, 6.45) is 2.83.